The Hall–Kier alpha value is -4.63. The van der Waals surface area contributed by atoms with Crippen LogP contribution in [0.3, 0.4) is 0 Å². The number of aldehydes is 1. The first-order valence-corrected chi connectivity index (χ1v) is 16.7. The molecule has 0 amide bonds. The summed E-state index contributed by atoms with van der Waals surface area (Å²) in [5.41, 5.74) is 1.22. The molecule has 16 nitrogen and oxygen atoms in total. The largest absolute Gasteiger partial charge is 0.479 e. The maximum Gasteiger partial charge on any atom is 0.335 e. The lowest BCUT2D eigenvalue weighted by atomic mass is 9.88. The molecule has 0 radical (unpaired) electrons. The third-order valence-corrected chi connectivity index (χ3v) is 9.19. The molecule has 9 N–H and O–H groups in total. The van der Waals surface area contributed by atoms with Crippen molar-refractivity contribution in [3.63, 3.8) is 0 Å². The number of carbonyl (C=O) groups is 3. The number of hydrogen-bond acceptors (Lipinski definition) is 14. The Morgan fingerprint density at radius 3 is 1.67 bits per heavy atom. The fraction of sp³-hybridized carbons (Fsp3) is 0.417. The number of rotatable bonds is 15. The Morgan fingerprint density at radius 1 is 0.667 bits per heavy atom. The van der Waals surface area contributed by atoms with E-state index in [1.807, 2.05) is 0 Å². The summed E-state index contributed by atoms with van der Waals surface area (Å²) in [6.07, 6.45) is -19.2. The number of halogens is 2. The molecule has 0 aromatic heterocycles. The highest BCUT2D eigenvalue weighted by molar-refractivity contribution is 5.74. The predicted molar refractivity (Wildman–Crippen MR) is 177 cm³/mol. The zero-order chi connectivity index (χ0) is 39.3. The molecule has 0 bridgehead atoms. The van der Waals surface area contributed by atoms with Gasteiger partial charge in [-0.2, -0.15) is 0 Å². The zero-order valence-electron chi connectivity index (χ0n) is 28.1. The van der Waals surface area contributed by atoms with Gasteiger partial charge in [-0.1, -0.05) is 24.3 Å². The van der Waals surface area contributed by atoms with Gasteiger partial charge < -0.3 is 69.9 Å². The molecule has 2 aliphatic heterocycles. The summed E-state index contributed by atoms with van der Waals surface area (Å²) < 4.78 is 49.6. The van der Waals surface area contributed by atoms with E-state index < -0.39 is 103 Å². The maximum atomic E-state index is 13.9. The monoisotopic (exact) mass is 763 g/mol. The second-order valence-electron chi connectivity index (χ2n) is 12.8. The van der Waals surface area contributed by atoms with E-state index in [9.17, 15) is 64.0 Å². The van der Waals surface area contributed by atoms with E-state index >= 15 is 0 Å². The number of carbonyl (C=O) groups excluding carboxylic acids is 1. The molecule has 292 valence electrons. The van der Waals surface area contributed by atoms with Crippen molar-refractivity contribution in [2.24, 2.45) is 5.92 Å². The molecule has 2 saturated heterocycles. The molecule has 2 fully saturated rings. The number of aliphatic hydroxyl groups excluding tert-OH is 6. The fourth-order valence-electron chi connectivity index (χ4n) is 6.17. The second kappa shape index (κ2) is 17.7. The van der Waals surface area contributed by atoms with Crippen molar-refractivity contribution < 1.29 is 83.0 Å². The highest BCUT2D eigenvalue weighted by Crippen LogP contribution is 2.36. The van der Waals surface area contributed by atoms with E-state index in [0.29, 0.717) is 23.1 Å². The third-order valence-electron chi connectivity index (χ3n) is 9.19. The van der Waals surface area contributed by atoms with Gasteiger partial charge in [0.25, 0.3) is 0 Å². The van der Waals surface area contributed by atoms with E-state index in [1.165, 1.54) is 60.7 Å². The molecule has 0 saturated carbocycles. The number of anilines is 1. The Bertz CT molecular complexity index is 1720. The first kappa shape index (κ1) is 40.6. The van der Waals surface area contributed by atoms with Gasteiger partial charge in [-0.15, -0.1) is 0 Å². The van der Waals surface area contributed by atoms with Crippen LogP contribution in [0.2, 0.25) is 0 Å². The summed E-state index contributed by atoms with van der Waals surface area (Å²) in [7, 11) is 0. The minimum absolute atomic E-state index is 0.0118. The van der Waals surface area contributed by atoms with Crippen LogP contribution in [-0.2, 0) is 28.6 Å². The number of aliphatic hydroxyl groups is 6. The van der Waals surface area contributed by atoms with Crippen molar-refractivity contribution in [3.05, 3.63) is 95.6 Å². The number of benzene rings is 3. The molecular weight excluding hydrogens is 724 g/mol. The van der Waals surface area contributed by atoms with Gasteiger partial charge >= 0.3 is 11.9 Å². The van der Waals surface area contributed by atoms with Gasteiger partial charge in [0.1, 0.15) is 60.3 Å². The molecule has 13 unspecified atom stereocenters. The van der Waals surface area contributed by atoms with E-state index in [0.717, 1.165) is 12.1 Å². The average Bonchev–Trinajstić information content (AvgIpc) is 3.15. The smallest absolute Gasteiger partial charge is 0.335 e. The molecule has 0 aliphatic carbocycles. The Labute approximate surface area is 305 Å². The van der Waals surface area contributed by atoms with Crippen LogP contribution < -0.4 is 10.1 Å². The second-order valence-corrected chi connectivity index (χ2v) is 12.8. The van der Waals surface area contributed by atoms with Gasteiger partial charge in [-0.3, -0.25) is 0 Å². The quantitative estimate of drug-likeness (QED) is 0.0962. The fourth-order valence-corrected chi connectivity index (χ4v) is 6.17. The third kappa shape index (κ3) is 9.35. The van der Waals surface area contributed by atoms with Crippen LogP contribution in [0.25, 0.3) is 0 Å². The Morgan fingerprint density at radius 2 is 1.15 bits per heavy atom. The summed E-state index contributed by atoms with van der Waals surface area (Å²) in [6, 6.07) is 15.3. The molecule has 2 aliphatic rings. The summed E-state index contributed by atoms with van der Waals surface area (Å²) in [4.78, 5) is 35.9. The lowest BCUT2D eigenvalue weighted by Gasteiger charge is -2.40. The lowest BCUT2D eigenvalue weighted by Crippen LogP contribution is -2.61. The summed E-state index contributed by atoms with van der Waals surface area (Å²) in [6.45, 7) is 0. The minimum Gasteiger partial charge on any atom is -0.479 e. The van der Waals surface area contributed by atoms with Crippen molar-refractivity contribution in [1.82, 2.24) is 0 Å². The van der Waals surface area contributed by atoms with Crippen LogP contribution in [0, 0.1) is 17.6 Å². The number of aliphatic carboxylic acids is 2. The summed E-state index contributed by atoms with van der Waals surface area (Å²) >= 11 is 0. The van der Waals surface area contributed by atoms with Crippen molar-refractivity contribution in [1.29, 1.82) is 0 Å². The van der Waals surface area contributed by atoms with Crippen LogP contribution in [0.4, 0.5) is 14.5 Å². The topological polar surface area (TPSA) is 262 Å². The summed E-state index contributed by atoms with van der Waals surface area (Å²) in [5.74, 6) is -5.19. The number of carboxylic acid groups (broad SMARTS) is 2. The average molecular weight is 764 g/mol. The van der Waals surface area contributed by atoms with Gasteiger partial charge in [0, 0.05) is 11.6 Å². The van der Waals surface area contributed by atoms with Crippen LogP contribution in [0.5, 0.6) is 5.75 Å². The van der Waals surface area contributed by atoms with E-state index in [1.54, 1.807) is 0 Å². The summed E-state index contributed by atoms with van der Waals surface area (Å²) in [5, 5.41) is 83.5. The van der Waals surface area contributed by atoms with Crippen molar-refractivity contribution >= 4 is 23.9 Å². The van der Waals surface area contributed by atoms with Crippen molar-refractivity contribution in [2.45, 2.75) is 86.4 Å². The van der Waals surface area contributed by atoms with E-state index in [2.05, 4.69) is 5.32 Å². The Kier molecular flexibility index (Phi) is 13.3. The normalized spacial score (nSPS) is 30.1. The minimum atomic E-state index is -1.97. The maximum absolute atomic E-state index is 13.9. The molecule has 2 heterocycles. The predicted octanol–water partition coefficient (Wildman–Crippen LogP) is 0.634. The van der Waals surface area contributed by atoms with E-state index in [-0.39, 0.29) is 18.6 Å². The van der Waals surface area contributed by atoms with Crippen LogP contribution in [0.15, 0.2) is 72.8 Å². The molecule has 0 spiro atoms. The molecule has 5 rings (SSSR count). The molecule has 13 atom stereocenters. The van der Waals surface area contributed by atoms with Gasteiger partial charge in [-0.05, 0) is 72.5 Å². The van der Waals surface area contributed by atoms with Gasteiger partial charge in [-0.25, -0.2) is 18.4 Å². The molecule has 3 aromatic rings. The first-order chi connectivity index (χ1) is 25.7. The number of nitrogens with one attached hydrogen (secondary N) is 1. The van der Waals surface area contributed by atoms with Crippen molar-refractivity contribution in [2.75, 3.05) is 5.32 Å². The van der Waals surface area contributed by atoms with Crippen LogP contribution >= 0.6 is 0 Å². The standard InChI is InChI=1S/C36H39F2NO15/c37-19-6-1-16(2-7-19)23(52-36-30(46)26(42)28(44)32(54-36)34(49)50)14-5-18(15-40)24(39-21-10-8-20(38)9-11-21)17-3-12-22(13-4-17)51-35-29(45)25(41)27(43)31(53-35)33(47)48/h1-4,6-13,15,18,23-32,35-36,39,41-46H,5,14H2,(H,47,48)(H,49,50). The van der Waals surface area contributed by atoms with Crippen LogP contribution in [-0.4, -0.2) is 120 Å². The van der Waals surface area contributed by atoms with E-state index in [4.69, 9.17) is 18.9 Å². The Balaban J connectivity index is 1.39. The number of ether oxygens (including phenoxy) is 4. The molecule has 3 aromatic carbocycles. The van der Waals surface area contributed by atoms with Gasteiger partial charge in [0.15, 0.2) is 18.5 Å². The molecule has 18 heteroatoms. The highest BCUT2D eigenvalue weighted by atomic mass is 19.1. The van der Waals surface area contributed by atoms with Crippen LogP contribution in [0.1, 0.15) is 36.1 Å². The highest BCUT2D eigenvalue weighted by Gasteiger charge is 2.49. The first-order valence-electron chi connectivity index (χ1n) is 16.7. The lowest BCUT2D eigenvalue weighted by molar-refractivity contribution is -0.306. The van der Waals surface area contributed by atoms with Gasteiger partial charge in [0.05, 0.1) is 12.1 Å². The molecular formula is C36H39F2NO15. The number of carboxylic acids is 2. The number of hydrogen-bond donors (Lipinski definition) is 9. The van der Waals surface area contributed by atoms with Crippen molar-refractivity contribution in [3.8, 4) is 5.75 Å². The van der Waals surface area contributed by atoms with Gasteiger partial charge in [0.2, 0.25) is 6.29 Å². The SMILES string of the molecule is O=CC(CCC(OC1OC(C(=O)O)C(O)C(O)C1O)c1ccc(F)cc1)C(Nc1ccc(F)cc1)c1ccc(OC2OC(C(=O)O)C(O)C(O)C2O)cc1. The zero-order valence-corrected chi connectivity index (χ0v) is 28.1. The molecule has 54 heavy (non-hydrogen) atoms.